The minimum Gasteiger partial charge on any atom is -0.268 e. The molecule has 2 amide bonds. The van der Waals surface area contributed by atoms with Gasteiger partial charge in [0.05, 0.1) is 16.8 Å². The molecule has 100 valence electrons. The van der Waals surface area contributed by atoms with Crippen LogP contribution in [0.3, 0.4) is 0 Å². The van der Waals surface area contributed by atoms with Gasteiger partial charge in [-0.1, -0.05) is 33.6 Å². The van der Waals surface area contributed by atoms with E-state index in [4.69, 9.17) is 0 Å². The number of hydrogen-bond acceptors (Lipinski definition) is 2. The minimum atomic E-state index is -0.258. The van der Waals surface area contributed by atoms with Crippen molar-refractivity contribution >= 4 is 33.4 Å². The van der Waals surface area contributed by atoms with Crippen molar-refractivity contribution in [1.82, 2.24) is 0 Å². The lowest BCUT2D eigenvalue weighted by Gasteiger charge is -2.16. The lowest BCUT2D eigenvalue weighted by molar-refractivity contribution is 0.0926. The molecule has 0 aliphatic carbocycles. The molecule has 1 aliphatic heterocycles. The molecule has 20 heavy (non-hydrogen) atoms. The summed E-state index contributed by atoms with van der Waals surface area (Å²) in [5, 5.41) is 0. The first-order chi connectivity index (χ1) is 9.49. The van der Waals surface area contributed by atoms with Crippen LogP contribution >= 0.6 is 15.9 Å². The summed E-state index contributed by atoms with van der Waals surface area (Å²) in [4.78, 5) is 26.2. The molecule has 0 spiro atoms. The van der Waals surface area contributed by atoms with Crippen molar-refractivity contribution in [3.63, 3.8) is 0 Å². The molecule has 0 bridgehead atoms. The maximum atomic E-state index is 12.5. The molecule has 3 rings (SSSR count). The smallest absolute Gasteiger partial charge is 0.266 e. The average molecular weight is 330 g/mol. The summed E-state index contributed by atoms with van der Waals surface area (Å²) in [7, 11) is 0. The molecular weight excluding hydrogens is 318 g/mol. The van der Waals surface area contributed by atoms with Crippen LogP contribution in [0.2, 0.25) is 0 Å². The third-order valence-corrected chi connectivity index (χ3v) is 3.95. The molecule has 1 heterocycles. The molecule has 0 N–H and O–H groups in total. The summed E-state index contributed by atoms with van der Waals surface area (Å²) >= 11 is 3.38. The number of carbonyl (C=O) groups is 2. The number of amides is 2. The largest absolute Gasteiger partial charge is 0.268 e. The Bertz CT molecular complexity index is 752. The summed E-state index contributed by atoms with van der Waals surface area (Å²) < 4.78 is 0.839. The number of carbonyl (C=O) groups excluding carboxylic acids is 2. The van der Waals surface area contributed by atoms with Crippen molar-refractivity contribution in [2.45, 2.75) is 13.8 Å². The Kier molecular flexibility index (Phi) is 2.98. The van der Waals surface area contributed by atoms with Crippen LogP contribution in [0.15, 0.2) is 40.9 Å². The number of aryl methyl sites for hydroxylation is 2. The number of fused-ring (bicyclic) bond motifs is 1. The second-order valence-corrected chi connectivity index (χ2v) is 5.84. The van der Waals surface area contributed by atoms with Crippen LogP contribution in [0.4, 0.5) is 5.69 Å². The van der Waals surface area contributed by atoms with Crippen LogP contribution in [0.25, 0.3) is 0 Å². The Balaban J connectivity index is 2.16. The van der Waals surface area contributed by atoms with Crippen LogP contribution in [-0.4, -0.2) is 11.8 Å². The Morgan fingerprint density at radius 2 is 1.60 bits per heavy atom. The first-order valence-corrected chi connectivity index (χ1v) is 7.04. The molecule has 2 aromatic carbocycles. The van der Waals surface area contributed by atoms with Crippen LogP contribution < -0.4 is 4.90 Å². The van der Waals surface area contributed by atoms with Gasteiger partial charge in [0.2, 0.25) is 0 Å². The Labute approximate surface area is 125 Å². The Hall–Kier alpha value is -1.94. The number of anilines is 1. The monoisotopic (exact) mass is 329 g/mol. The first-order valence-electron chi connectivity index (χ1n) is 6.24. The van der Waals surface area contributed by atoms with Crippen molar-refractivity contribution in [1.29, 1.82) is 0 Å². The minimum absolute atomic E-state index is 0.255. The fourth-order valence-electron chi connectivity index (χ4n) is 2.40. The van der Waals surface area contributed by atoms with Crippen LogP contribution in [0.1, 0.15) is 31.8 Å². The van der Waals surface area contributed by atoms with E-state index in [1.165, 1.54) is 4.90 Å². The van der Waals surface area contributed by atoms with E-state index in [0.29, 0.717) is 16.8 Å². The van der Waals surface area contributed by atoms with E-state index >= 15 is 0 Å². The summed E-state index contributed by atoms with van der Waals surface area (Å²) in [6.07, 6.45) is 0. The van der Waals surface area contributed by atoms with Crippen molar-refractivity contribution in [3.8, 4) is 0 Å². The summed E-state index contributed by atoms with van der Waals surface area (Å²) in [5.41, 5.74) is 3.44. The fraction of sp³-hybridized carbons (Fsp3) is 0.125. The molecule has 1 aliphatic rings. The fourth-order valence-corrected chi connectivity index (χ4v) is 2.75. The van der Waals surface area contributed by atoms with E-state index in [2.05, 4.69) is 15.9 Å². The van der Waals surface area contributed by atoms with Crippen molar-refractivity contribution in [2.75, 3.05) is 4.90 Å². The van der Waals surface area contributed by atoms with Crippen LogP contribution in [0.5, 0.6) is 0 Å². The van der Waals surface area contributed by atoms with E-state index < -0.39 is 0 Å². The average Bonchev–Trinajstić information content (AvgIpc) is 2.65. The molecule has 0 unspecified atom stereocenters. The summed E-state index contributed by atoms with van der Waals surface area (Å²) in [6, 6.07) is 10.9. The van der Waals surface area contributed by atoms with Crippen LogP contribution in [-0.2, 0) is 0 Å². The van der Waals surface area contributed by atoms with Gasteiger partial charge in [-0.05, 0) is 43.7 Å². The van der Waals surface area contributed by atoms with Gasteiger partial charge in [-0.2, -0.15) is 0 Å². The standard InChI is InChI=1S/C16H12BrNO2/c1-9-3-6-12-13(7-9)16(20)18(15(12)19)14-8-11(17)5-4-10(14)2/h3-8H,1-2H3. The highest BCUT2D eigenvalue weighted by molar-refractivity contribution is 9.10. The third-order valence-electron chi connectivity index (χ3n) is 3.45. The Morgan fingerprint density at radius 3 is 2.35 bits per heavy atom. The van der Waals surface area contributed by atoms with Gasteiger partial charge in [-0.15, -0.1) is 0 Å². The number of hydrogen-bond donors (Lipinski definition) is 0. The number of imide groups is 1. The van der Waals surface area contributed by atoms with E-state index in [1.54, 1.807) is 18.2 Å². The van der Waals surface area contributed by atoms with E-state index in [1.807, 2.05) is 32.0 Å². The highest BCUT2D eigenvalue weighted by Crippen LogP contribution is 2.32. The maximum absolute atomic E-state index is 12.5. The second-order valence-electron chi connectivity index (χ2n) is 4.93. The molecule has 0 saturated carbocycles. The molecule has 0 fully saturated rings. The van der Waals surface area contributed by atoms with Crippen molar-refractivity contribution in [2.24, 2.45) is 0 Å². The zero-order valence-corrected chi connectivity index (χ0v) is 12.7. The van der Waals surface area contributed by atoms with Gasteiger partial charge in [0, 0.05) is 4.47 Å². The normalized spacial score (nSPS) is 13.8. The first kappa shape index (κ1) is 13.1. The SMILES string of the molecule is Cc1ccc2c(c1)C(=O)N(c1cc(Br)ccc1C)C2=O. The van der Waals surface area contributed by atoms with E-state index in [-0.39, 0.29) is 11.8 Å². The van der Waals surface area contributed by atoms with Gasteiger partial charge in [-0.25, -0.2) is 4.90 Å². The summed E-state index contributed by atoms with van der Waals surface area (Å²) in [5.74, 6) is -0.513. The second kappa shape index (κ2) is 4.56. The topological polar surface area (TPSA) is 37.4 Å². The molecule has 0 atom stereocenters. The van der Waals surface area contributed by atoms with E-state index in [9.17, 15) is 9.59 Å². The van der Waals surface area contributed by atoms with Gasteiger partial charge in [-0.3, -0.25) is 9.59 Å². The predicted octanol–water partition coefficient (Wildman–Crippen LogP) is 3.87. The molecule has 4 heteroatoms. The molecule has 3 nitrogen and oxygen atoms in total. The third kappa shape index (κ3) is 1.88. The van der Waals surface area contributed by atoms with Crippen molar-refractivity contribution in [3.05, 3.63) is 63.1 Å². The van der Waals surface area contributed by atoms with Gasteiger partial charge in [0.25, 0.3) is 11.8 Å². The maximum Gasteiger partial charge on any atom is 0.266 e. The predicted molar refractivity (Wildman–Crippen MR) is 81.2 cm³/mol. The van der Waals surface area contributed by atoms with Crippen LogP contribution in [0, 0.1) is 13.8 Å². The number of halogens is 1. The zero-order chi connectivity index (χ0) is 14.4. The molecular formula is C16H12BrNO2. The lowest BCUT2D eigenvalue weighted by Crippen LogP contribution is -2.30. The quantitative estimate of drug-likeness (QED) is 0.745. The Morgan fingerprint density at radius 1 is 0.900 bits per heavy atom. The number of rotatable bonds is 1. The molecule has 0 aromatic heterocycles. The highest BCUT2D eigenvalue weighted by Gasteiger charge is 2.37. The van der Waals surface area contributed by atoms with Crippen molar-refractivity contribution < 1.29 is 9.59 Å². The molecule has 0 saturated heterocycles. The number of nitrogens with zero attached hydrogens (tertiary/aromatic N) is 1. The van der Waals surface area contributed by atoms with Gasteiger partial charge >= 0.3 is 0 Å². The lowest BCUT2D eigenvalue weighted by atomic mass is 10.1. The molecule has 0 radical (unpaired) electrons. The van der Waals surface area contributed by atoms with Gasteiger partial charge in [0.1, 0.15) is 0 Å². The van der Waals surface area contributed by atoms with Gasteiger partial charge in [0.15, 0.2) is 0 Å². The number of benzene rings is 2. The van der Waals surface area contributed by atoms with E-state index in [0.717, 1.165) is 15.6 Å². The highest BCUT2D eigenvalue weighted by atomic mass is 79.9. The zero-order valence-electron chi connectivity index (χ0n) is 11.1. The summed E-state index contributed by atoms with van der Waals surface area (Å²) in [6.45, 7) is 3.79. The molecule has 2 aromatic rings. The van der Waals surface area contributed by atoms with Gasteiger partial charge < -0.3 is 0 Å².